The van der Waals surface area contributed by atoms with E-state index in [2.05, 4.69) is 35.0 Å². The minimum atomic E-state index is -0.387. The van der Waals surface area contributed by atoms with Crippen LogP contribution in [-0.2, 0) is 0 Å². The van der Waals surface area contributed by atoms with E-state index in [4.69, 9.17) is 0 Å². The van der Waals surface area contributed by atoms with Crippen LogP contribution in [0.3, 0.4) is 0 Å². The molecule has 0 radical (unpaired) electrons. The van der Waals surface area contributed by atoms with Crippen molar-refractivity contribution in [2.75, 3.05) is 18.0 Å². The molecule has 1 heterocycles. The maximum absolute atomic E-state index is 10.8. The van der Waals surface area contributed by atoms with Crippen LogP contribution < -0.4 is 4.90 Å². The highest BCUT2D eigenvalue weighted by Gasteiger charge is 2.12. The Balaban J connectivity index is 1.80. The van der Waals surface area contributed by atoms with E-state index >= 15 is 0 Å². The lowest BCUT2D eigenvalue weighted by Crippen LogP contribution is -2.17. The van der Waals surface area contributed by atoms with Crippen LogP contribution in [0.5, 0.6) is 0 Å². The van der Waals surface area contributed by atoms with Gasteiger partial charge in [-0.2, -0.15) is 0 Å². The van der Waals surface area contributed by atoms with E-state index in [1.165, 1.54) is 30.2 Å². The van der Waals surface area contributed by atoms with Gasteiger partial charge in [-0.3, -0.25) is 15.1 Å². The van der Waals surface area contributed by atoms with Crippen LogP contribution in [-0.4, -0.2) is 24.2 Å². The van der Waals surface area contributed by atoms with Crippen molar-refractivity contribution < 1.29 is 4.92 Å². The topological polar surface area (TPSA) is 58.7 Å². The summed E-state index contributed by atoms with van der Waals surface area (Å²) in [5, 5.41) is 10.8. The van der Waals surface area contributed by atoms with Gasteiger partial charge in [-0.1, -0.05) is 6.07 Å². The molecule has 0 atom stereocenters. The number of hydrogen-bond acceptors (Lipinski definition) is 4. The summed E-state index contributed by atoms with van der Waals surface area (Å²) in [6, 6.07) is 11.2. The summed E-state index contributed by atoms with van der Waals surface area (Å²) in [5.41, 5.74) is 5.17. The molecule has 124 valence electrons. The lowest BCUT2D eigenvalue weighted by atomic mass is 10.1. The monoisotopic (exact) mass is 323 g/mol. The molecule has 24 heavy (non-hydrogen) atoms. The quantitative estimate of drug-likeness (QED) is 0.471. The van der Waals surface area contributed by atoms with Crippen molar-refractivity contribution >= 4 is 23.3 Å². The van der Waals surface area contributed by atoms with Crippen molar-refractivity contribution in [3.8, 4) is 0 Å². The van der Waals surface area contributed by atoms with Crippen LogP contribution in [0.25, 0.3) is 0 Å². The van der Waals surface area contributed by atoms with E-state index in [1.54, 1.807) is 12.1 Å². The summed E-state index contributed by atoms with van der Waals surface area (Å²) in [4.78, 5) is 17.3. The Morgan fingerprint density at radius 3 is 2.46 bits per heavy atom. The molecule has 0 aliphatic carbocycles. The van der Waals surface area contributed by atoms with E-state index in [1.807, 2.05) is 13.1 Å². The number of hydrogen-bond donors (Lipinski definition) is 0. The van der Waals surface area contributed by atoms with Gasteiger partial charge in [0, 0.05) is 37.1 Å². The second-order valence-corrected chi connectivity index (χ2v) is 6.22. The first kappa shape index (κ1) is 16.2. The first-order chi connectivity index (χ1) is 11.5. The summed E-state index contributed by atoms with van der Waals surface area (Å²) in [7, 11) is 0. The Labute approximate surface area is 141 Å². The fraction of sp³-hybridized carbons (Fsp3) is 0.316. The zero-order valence-corrected chi connectivity index (χ0v) is 14.0. The number of benzene rings is 2. The summed E-state index contributed by atoms with van der Waals surface area (Å²) >= 11 is 0. The van der Waals surface area contributed by atoms with Gasteiger partial charge in [-0.15, -0.1) is 0 Å². The molecule has 5 heteroatoms. The molecule has 3 rings (SSSR count). The van der Waals surface area contributed by atoms with Gasteiger partial charge in [0.25, 0.3) is 5.69 Å². The average Bonchev–Trinajstić information content (AvgIpc) is 3.09. The average molecular weight is 323 g/mol. The molecule has 1 fully saturated rings. The molecule has 1 aliphatic heterocycles. The molecule has 0 spiro atoms. The van der Waals surface area contributed by atoms with Crippen LogP contribution in [0.1, 0.15) is 29.5 Å². The van der Waals surface area contributed by atoms with E-state index in [0.29, 0.717) is 0 Å². The van der Waals surface area contributed by atoms with Crippen LogP contribution in [0.4, 0.5) is 17.1 Å². The third kappa shape index (κ3) is 3.45. The van der Waals surface area contributed by atoms with Gasteiger partial charge in [-0.05, 0) is 61.6 Å². The molecule has 2 aromatic rings. The highest BCUT2D eigenvalue weighted by Crippen LogP contribution is 2.25. The second kappa shape index (κ2) is 6.83. The summed E-state index contributed by atoms with van der Waals surface area (Å²) in [6.45, 7) is 6.19. The predicted octanol–water partition coefficient (Wildman–Crippen LogP) is 4.56. The van der Waals surface area contributed by atoms with Gasteiger partial charge in [0.05, 0.1) is 10.6 Å². The fourth-order valence-corrected chi connectivity index (χ4v) is 3.01. The van der Waals surface area contributed by atoms with Gasteiger partial charge in [0.15, 0.2) is 0 Å². The summed E-state index contributed by atoms with van der Waals surface area (Å²) < 4.78 is 0. The van der Waals surface area contributed by atoms with Crippen molar-refractivity contribution in [2.45, 2.75) is 26.7 Å². The van der Waals surface area contributed by atoms with Crippen LogP contribution in [0, 0.1) is 24.0 Å². The van der Waals surface area contributed by atoms with Crippen molar-refractivity contribution in [1.29, 1.82) is 0 Å². The zero-order valence-electron chi connectivity index (χ0n) is 14.0. The molecule has 1 aliphatic rings. The lowest BCUT2D eigenvalue weighted by Gasteiger charge is -2.18. The Morgan fingerprint density at radius 1 is 1.08 bits per heavy atom. The molecule has 0 aromatic heterocycles. The first-order valence-corrected chi connectivity index (χ1v) is 8.19. The highest BCUT2D eigenvalue weighted by atomic mass is 16.6. The van der Waals surface area contributed by atoms with Gasteiger partial charge >= 0.3 is 0 Å². The van der Waals surface area contributed by atoms with Gasteiger partial charge in [0.2, 0.25) is 0 Å². The maximum Gasteiger partial charge on any atom is 0.269 e. The van der Waals surface area contributed by atoms with Crippen LogP contribution in [0.15, 0.2) is 41.4 Å². The number of anilines is 1. The third-order valence-corrected chi connectivity index (χ3v) is 4.46. The number of non-ortho nitro benzene ring substituents is 1. The molecule has 0 N–H and O–H groups in total. The molecule has 0 bridgehead atoms. The standard InChI is InChI=1S/C19H21N3O2/c1-14-11-17(21-9-3-4-10-21)6-5-16(14)13-20-19-8-7-18(22(23)24)12-15(19)2/h5-8,11-13H,3-4,9-10H2,1-2H3. The Hall–Kier alpha value is -2.69. The predicted molar refractivity (Wildman–Crippen MR) is 97.7 cm³/mol. The van der Waals surface area contributed by atoms with E-state index in [9.17, 15) is 10.1 Å². The molecular formula is C19H21N3O2. The number of aliphatic imine (C=N–C) groups is 1. The highest BCUT2D eigenvalue weighted by molar-refractivity contribution is 5.85. The zero-order chi connectivity index (χ0) is 17.1. The number of nitro benzene ring substituents is 1. The summed E-state index contributed by atoms with van der Waals surface area (Å²) in [5.74, 6) is 0. The molecule has 1 saturated heterocycles. The second-order valence-electron chi connectivity index (χ2n) is 6.22. The fourth-order valence-electron chi connectivity index (χ4n) is 3.01. The van der Waals surface area contributed by atoms with E-state index in [-0.39, 0.29) is 10.6 Å². The number of nitro groups is 1. The number of nitrogens with zero attached hydrogens (tertiary/aromatic N) is 3. The summed E-state index contributed by atoms with van der Waals surface area (Å²) in [6.07, 6.45) is 4.36. The normalized spacial score (nSPS) is 14.5. The van der Waals surface area contributed by atoms with Gasteiger partial charge < -0.3 is 4.90 Å². The molecule has 0 unspecified atom stereocenters. The largest absolute Gasteiger partial charge is 0.372 e. The molecule has 0 amide bonds. The van der Waals surface area contributed by atoms with Crippen molar-refractivity contribution in [1.82, 2.24) is 0 Å². The Morgan fingerprint density at radius 2 is 1.83 bits per heavy atom. The molecular weight excluding hydrogens is 302 g/mol. The Bertz CT molecular complexity index is 793. The number of rotatable bonds is 4. The van der Waals surface area contributed by atoms with Crippen LogP contribution >= 0.6 is 0 Å². The van der Waals surface area contributed by atoms with E-state index in [0.717, 1.165) is 29.9 Å². The number of aryl methyl sites for hydroxylation is 2. The molecule has 2 aromatic carbocycles. The van der Waals surface area contributed by atoms with Crippen molar-refractivity contribution in [3.63, 3.8) is 0 Å². The minimum Gasteiger partial charge on any atom is -0.372 e. The van der Waals surface area contributed by atoms with Gasteiger partial charge in [-0.25, -0.2) is 0 Å². The van der Waals surface area contributed by atoms with Crippen molar-refractivity contribution in [3.05, 3.63) is 63.2 Å². The Kier molecular flexibility index (Phi) is 4.60. The van der Waals surface area contributed by atoms with Gasteiger partial charge in [0.1, 0.15) is 0 Å². The maximum atomic E-state index is 10.8. The molecule has 0 saturated carbocycles. The van der Waals surface area contributed by atoms with Crippen LogP contribution in [0.2, 0.25) is 0 Å². The molecule has 5 nitrogen and oxygen atoms in total. The van der Waals surface area contributed by atoms with E-state index < -0.39 is 0 Å². The lowest BCUT2D eigenvalue weighted by molar-refractivity contribution is -0.384. The SMILES string of the molecule is Cc1cc(N2CCCC2)ccc1C=Nc1ccc([N+](=O)[O-])cc1C. The van der Waals surface area contributed by atoms with Crippen molar-refractivity contribution in [2.24, 2.45) is 4.99 Å². The first-order valence-electron chi connectivity index (χ1n) is 8.19. The third-order valence-electron chi connectivity index (χ3n) is 4.46. The minimum absolute atomic E-state index is 0.0950. The smallest absolute Gasteiger partial charge is 0.269 e.